The first kappa shape index (κ1) is 92.6. The lowest BCUT2D eigenvalue weighted by atomic mass is 9.50. The van der Waals surface area contributed by atoms with Crippen molar-refractivity contribution in [1.82, 2.24) is 20.0 Å². The van der Waals surface area contributed by atoms with E-state index in [9.17, 15) is 93.3 Å². The number of carbonyl (C=O) groups excluding carboxylic acids is 9. The number of ketones is 2. The SMILES string of the molecule is C.COc1ccc2c3c1O[C@H]1C(OC(=O)C[C@H](OC(=O)C(C)C)C(=O)O)=CC[C@@]4(O)[C@@H](C2)N(C)CC[C@]314.COc1ccc2c3c1O[C@H]1C(OC(=O)C[C@H](OC(=O)CCCC(=O)[C@H](CCCCN)NC(C)=O)C(=O)O)=CC[C@@]4(O)[C@@H](C2)N(C)CC[C@]314.COc1ccc2c3c1O[C@H]1C(OC(=O)C[C@H](OC(=O)C[C@H](O)C(C)=O)C(=O)O)=CC[C@@]4(O)[C@@H](C2)N(C)CC[C@]314. The van der Waals surface area contributed by atoms with Crippen molar-refractivity contribution in [2.45, 2.75) is 257 Å². The van der Waals surface area contributed by atoms with Gasteiger partial charge in [-0.25, -0.2) is 14.4 Å². The molecule has 36 nitrogen and oxygen atoms in total. The summed E-state index contributed by atoms with van der Waals surface area (Å²) in [7, 11) is 10.6. The maximum Gasteiger partial charge on any atom is 0.345 e. The van der Waals surface area contributed by atoms with Crippen molar-refractivity contribution < 1.29 is 150 Å². The van der Waals surface area contributed by atoms with Crippen LogP contribution in [0.2, 0.25) is 0 Å². The van der Waals surface area contributed by atoms with Gasteiger partial charge in [0.1, 0.15) is 23.4 Å². The van der Waals surface area contributed by atoms with E-state index >= 15 is 0 Å². The van der Waals surface area contributed by atoms with Crippen LogP contribution in [-0.2, 0) is 121 Å². The van der Waals surface area contributed by atoms with Crippen LogP contribution in [0, 0.1) is 5.92 Å². The molecule has 0 saturated carbocycles. The number of aliphatic hydroxyl groups is 4. The molecule has 36 heteroatoms. The van der Waals surface area contributed by atoms with E-state index in [1.807, 2.05) is 57.5 Å². The summed E-state index contributed by atoms with van der Waals surface area (Å²) in [4.78, 5) is 153. The maximum absolute atomic E-state index is 13.2. The number of aliphatic hydroxyl groups excluding tert-OH is 1. The molecule has 6 aliphatic heterocycles. The predicted molar refractivity (Wildman–Crippen MR) is 431 cm³/mol. The molecule has 6 bridgehead atoms. The molecule has 6 aliphatic carbocycles. The zero-order valence-electron chi connectivity index (χ0n) is 70.2. The number of rotatable bonds is 32. The molecule has 6 heterocycles. The average molecular weight is 1730 g/mol. The normalized spacial score (nSPS) is 28.4. The zero-order valence-corrected chi connectivity index (χ0v) is 70.2. The van der Waals surface area contributed by atoms with Gasteiger partial charge in [0.2, 0.25) is 24.2 Å². The van der Waals surface area contributed by atoms with Crippen molar-refractivity contribution >= 4 is 71.2 Å². The van der Waals surface area contributed by atoms with Gasteiger partial charge in [0.15, 0.2) is 64.4 Å². The van der Waals surface area contributed by atoms with Gasteiger partial charge in [-0.3, -0.25) is 43.2 Å². The largest absolute Gasteiger partial charge is 0.493 e. The number of piperidine rings is 3. The minimum atomic E-state index is -1.89. The number of carboxylic acid groups (broad SMARTS) is 3. The Balaban J connectivity index is 0.000000171. The smallest absolute Gasteiger partial charge is 0.345 e. The number of carbonyl (C=O) groups is 12. The van der Waals surface area contributed by atoms with Gasteiger partial charge in [0, 0.05) is 73.8 Å². The summed E-state index contributed by atoms with van der Waals surface area (Å²) in [5.74, 6) is -8.34. The van der Waals surface area contributed by atoms with Crippen LogP contribution in [0.1, 0.15) is 171 Å². The van der Waals surface area contributed by atoms with E-state index in [4.69, 9.17) is 62.6 Å². The molecule has 3 aromatic carbocycles. The first-order valence-electron chi connectivity index (χ1n) is 41.4. The summed E-state index contributed by atoms with van der Waals surface area (Å²) >= 11 is 0. The minimum absolute atomic E-state index is 0. The van der Waals surface area contributed by atoms with Crippen LogP contribution in [0.25, 0.3) is 0 Å². The van der Waals surface area contributed by atoms with Crippen molar-refractivity contribution in [2.24, 2.45) is 11.7 Å². The van der Waals surface area contributed by atoms with Gasteiger partial charge in [0.05, 0.1) is 92.0 Å². The standard InChI is InChI=1S/C34H45N3O11.C27H31NO11.C26H31NO9.CH4/c1-19(38)36-21(7-4-5-15-35)22(39)8-6-9-27(40)47-25(32(42)43)18-28(41)46-24-12-13-34(44)26-17-20-10-11-23(45-3)30-29(20)33(34,31(24)48-30)14-16-37(26)2;1-13(29)15(30)11-20(31)38-18(25(33)34)12-21(32)37-17-6-7-27(35)19-10-14-4-5-16(36-3)23-22(14)26(27,24(17)39-23)8-9-28(19)2;1-13(2)24(31)35-17(23(29)30)12-19(28)34-16-7-8-26(32)18-11-14-5-6-15(33-4)21-20(14)25(26,22(16)36-21)9-10-27(18)3;/h10-12,21,25-26,31,44H,4-9,13-18,35H2,1-3H3,(H,36,38)(H,42,43);4-6,15,18-19,24,30,35H,7-12H2,1-3H3,(H,33,34);5-7,13,17-18,22,32H,8-12H2,1-4H3,(H,29,30);1H4/t21-,25-,26+,31-,33-,34+;15-,18-,19+,24-,26-,27+;17-,18+,22-,25-,26+;/m000./s1. The van der Waals surface area contributed by atoms with E-state index in [1.54, 1.807) is 39.2 Å². The Morgan fingerprint density at radius 1 is 0.500 bits per heavy atom. The van der Waals surface area contributed by atoms with E-state index in [0.717, 1.165) is 46.8 Å². The van der Waals surface area contributed by atoms with Gasteiger partial charge in [-0.15, -0.1) is 0 Å². The van der Waals surface area contributed by atoms with Crippen LogP contribution in [-0.4, -0.2) is 274 Å². The third-order valence-electron chi connectivity index (χ3n) is 26.9. The van der Waals surface area contributed by atoms with Crippen LogP contribution in [0.15, 0.2) is 71.9 Å². The molecule has 3 spiro atoms. The number of ether oxygens (including phenoxy) is 12. The topological polar surface area (TPSA) is 505 Å². The molecule has 15 rings (SSSR count). The van der Waals surface area contributed by atoms with Crippen LogP contribution in [0.4, 0.5) is 0 Å². The summed E-state index contributed by atoms with van der Waals surface area (Å²) < 4.78 is 67.9. The number of hydrogen-bond acceptors (Lipinski definition) is 32. The lowest BCUT2D eigenvalue weighted by Crippen LogP contribution is -2.74. The van der Waals surface area contributed by atoms with Crippen molar-refractivity contribution in [1.29, 1.82) is 0 Å². The first-order valence-corrected chi connectivity index (χ1v) is 41.4. The number of carboxylic acids is 3. The molecule has 674 valence electrons. The number of nitrogens with one attached hydrogen (secondary N) is 1. The lowest BCUT2D eigenvalue weighted by molar-refractivity contribution is -0.174. The highest BCUT2D eigenvalue weighted by Crippen LogP contribution is 2.69. The Kier molecular flexibility index (Phi) is 27.0. The number of amides is 1. The number of likely N-dealkylation sites (N-methyl/N-ethyl adjacent to an activating group) is 3. The van der Waals surface area contributed by atoms with Crippen molar-refractivity contribution in [2.75, 3.05) is 68.7 Å². The monoisotopic (exact) mass is 1730 g/mol. The van der Waals surface area contributed by atoms with Gasteiger partial charge in [0.25, 0.3) is 0 Å². The molecular weight excluding hydrogens is 1620 g/mol. The van der Waals surface area contributed by atoms with E-state index in [1.165, 1.54) is 21.1 Å². The molecule has 3 fully saturated rings. The van der Waals surface area contributed by atoms with Crippen molar-refractivity contribution in [3.63, 3.8) is 0 Å². The quantitative estimate of drug-likeness (QED) is 0.0244. The van der Waals surface area contributed by atoms with Crippen molar-refractivity contribution in [3.8, 4) is 34.5 Å². The number of Topliss-reactive ketones (excluding diaryl/α,β-unsaturated/α-hetero) is 2. The van der Waals surface area contributed by atoms with E-state index < -0.39 is 173 Å². The molecular formula is C88H111N5O31. The third-order valence-corrected chi connectivity index (χ3v) is 26.9. The minimum Gasteiger partial charge on any atom is -0.493 e. The molecule has 3 aromatic rings. The molecule has 1 amide bonds. The molecule has 0 unspecified atom stereocenters. The number of benzene rings is 3. The van der Waals surface area contributed by atoms with Crippen LogP contribution < -0.4 is 39.5 Å². The molecule has 124 heavy (non-hydrogen) atoms. The summed E-state index contributed by atoms with van der Waals surface area (Å²) in [5, 5.41) is 77.6. The van der Waals surface area contributed by atoms with Gasteiger partial charge in [-0.1, -0.05) is 39.5 Å². The van der Waals surface area contributed by atoms with E-state index in [-0.39, 0.29) is 93.0 Å². The number of hydrogen-bond donors (Lipinski definition) is 9. The highest BCUT2D eigenvalue weighted by Gasteiger charge is 2.75. The number of methoxy groups -OCH3 is 3. The maximum atomic E-state index is 13.2. The van der Waals surface area contributed by atoms with Gasteiger partial charge >= 0.3 is 53.7 Å². The second-order valence-electron chi connectivity index (χ2n) is 34.1. The Labute approximate surface area is 715 Å². The number of nitrogens with zero attached hydrogens (tertiary/aromatic N) is 3. The first-order chi connectivity index (χ1) is 58.3. The summed E-state index contributed by atoms with van der Waals surface area (Å²) in [5.41, 5.74) is 4.99. The van der Waals surface area contributed by atoms with Crippen molar-refractivity contribution in [3.05, 3.63) is 105 Å². The second kappa shape index (κ2) is 36.2. The highest BCUT2D eigenvalue weighted by molar-refractivity contribution is 5.90. The highest BCUT2D eigenvalue weighted by atomic mass is 16.6. The lowest BCUT2D eigenvalue weighted by Gasteiger charge is -2.61. The number of esters is 6. The zero-order chi connectivity index (χ0) is 89.1. The predicted octanol–water partition coefficient (Wildman–Crippen LogP) is 3.71. The average Bonchev–Trinajstić information content (AvgIpc) is 1.49. The third kappa shape index (κ3) is 16.1. The Bertz CT molecular complexity index is 4870. The number of likely N-dealkylation sites (tertiary alicyclic amines) is 3. The fraction of sp³-hybridized carbons (Fsp3) is 0.591. The molecule has 3 saturated heterocycles. The van der Waals surface area contributed by atoms with Crippen LogP contribution in [0.5, 0.6) is 34.5 Å². The van der Waals surface area contributed by atoms with Gasteiger partial charge < -0.3 is 118 Å². The molecule has 0 aromatic heterocycles. The Hall–Kier alpha value is -10.6. The van der Waals surface area contributed by atoms with Gasteiger partial charge in [-0.2, -0.15) is 0 Å². The number of aliphatic carboxylic acids is 3. The molecule has 12 aliphatic rings. The molecule has 0 radical (unpaired) electrons. The van der Waals surface area contributed by atoms with Crippen LogP contribution in [0.3, 0.4) is 0 Å². The number of nitrogens with two attached hydrogens (primary N) is 1. The Morgan fingerprint density at radius 2 is 0.855 bits per heavy atom. The summed E-state index contributed by atoms with van der Waals surface area (Å²) in [6, 6.07) is 10.2. The Morgan fingerprint density at radius 3 is 1.18 bits per heavy atom. The molecule has 10 N–H and O–H groups in total. The molecule has 17 atom stereocenters. The van der Waals surface area contributed by atoms with E-state index in [2.05, 4.69) is 20.0 Å². The van der Waals surface area contributed by atoms with Crippen LogP contribution >= 0.6 is 0 Å². The van der Waals surface area contributed by atoms with E-state index in [0.29, 0.717) is 112 Å². The fourth-order valence-corrected chi connectivity index (χ4v) is 20.9. The van der Waals surface area contributed by atoms with Gasteiger partial charge in [-0.05, 0) is 172 Å². The summed E-state index contributed by atoms with van der Waals surface area (Å²) in [6.45, 7) is 8.06. The number of unbranched alkanes of at least 4 members (excludes halogenated alkanes) is 1. The second-order valence-corrected chi connectivity index (χ2v) is 34.1. The summed E-state index contributed by atoms with van der Waals surface area (Å²) in [6.07, 6.45) is -1.94. The fourth-order valence-electron chi connectivity index (χ4n) is 20.9.